The first-order chi connectivity index (χ1) is 8.46. The van der Waals surface area contributed by atoms with Crippen LogP contribution in [-0.4, -0.2) is 34.7 Å². The van der Waals surface area contributed by atoms with Gasteiger partial charge in [-0.25, -0.2) is 0 Å². The van der Waals surface area contributed by atoms with Crippen molar-refractivity contribution in [1.82, 2.24) is 5.32 Å². The second-order valence-corrected chi connectivity index (χ2v) is 7.68. The summed E-state index contributed by atoms with van der Waals surface area (Å²) < 4.78 is 0. The van der Waals surface area contributed by atoms with Crippen molar-refractivity contribution in [3.63, 3.8) is 0 Å². The number of carboxylic acids is 1. The fourth-order valence-corrected chi connectivity index (χ4v) is 4.56. The lowest BCUT2D eigenvalue weighted by Crippen LogP contribution is -2.47. The molecule has 1 aliphatic carbocycles. The molecule has 0 spiro atoms. The van der Waals surface area contributed by atoms with Gasteiger partial charge in [0.15, 0.2) is 0 Å². The molecule has 2 N–H and O–H groups in total. The summed E-state index contributed by atoms with van der Waals surface area (Å²) in [5.74, 6) is 1.69. The van der Waals surface area contributed by atoms with Gasteiger partial charge >= 0.3 is 5.97 Å². The maximum atomic E-state index is 11.1. The largest absolute Gasteiger partial charge is 0.481 e. The van der Waals surface area contributed by atoms with Gasteiger partial charge in [-0.3, -0.25) is 4.79 Å². The molecule has 2 aliphatic rings. The van der Waals surface area contributed by atoms with Crippen molar-refractivity contribution in [3.05, 3.63) is 0 Å². The Kier molecular flexibility index (Phi) is 4.59. The zero-order valence-corrected chi connectivity index (χ0v) is 12.3. The van der Waals surface area contributed by atoms with E-state index in [1.165, 1.54) is 17.9 Å². The van der Waals surface area contributed by atoms with Gasteiger partial charge in [-0.05, 0) is 36.9 Å². The van der Waals surface area contributed by atoms with Gasteiger partial charge in [0.1, 0.15) is 0 Å². The monoisotopic (exact) mass is 271 g/mol. The summed E-state index contributed by atoms with van der Waals surface area (Å²) in [7, 11) is 0. The number of nitrogens with one attached hydrogen (secondary N) is 1. The molecule has 4 heteroatoms. The first-order valence-electron chi connectivity index (χ1n) is 7.03. The van der Waals surface area contributed by atoms with E-state index in [1.54, 1.807) is 0 Å². The molecule has 3 unspecified atom stereocenters. The molecule has 3 nitrogen and oxygen atoms in total. The second kappa shape index (κ2) is 5.83. The Hall–Kier alpha value is -0.220. The van der Waals surface area contributed by atoms with Crippen LogP contribution in [0.1, 0.15) is 46.0 Å². The Bertz CT molecular complexity index is 306. The van der Waals surface area contributed by atoms with Gasteiger partial charge in [0.25, 0.3) is 0 Å². The van der Waals surface area contributed by atoms with Crippen molar-refractivity contribution in [2.24, 2.45) is 11.3 Å². The maximum Gasteiger partial charge on any atom is 0.306 e. The zero-order chi connectivity index (χ0) is 13.2. The highest BCUT2D eigenvalue weighted by Gasteiger charge is 2.32. The number of hydrogen-bond donors (Lipinski definition) is 2. The number of carboxylic acid groups (broad SMARTS) is 1. The van der Waals surface area contributed by atoms with Crippen LogP contribution in [0.25, 0.3) is 0 Å². The summed E-state index contributed by atoms with van der Waals surface area (Å²) in [4.78, 5) is 11.1. The van der Waals surface area contributed by atoms with E-state index in [2.05, 4.69) is 19.2 Å². The van der Waals surface area contributed by atoms with Crippen LogP contribution in [0.15, 0.2) is 0 Å². The van der Waals surface area contributed by atoms with Gasteiger partial charge in [0.05, 0.1) is 5.92 Å². The summed E-state index contributed by atoms with van der Waals surface area (Å²) in [6, 6.07) is 0.982. The van der Waals surface area contributed by atoms with Crippen molar-refractivity contribution in [2.75, 3.05) is 11.5 Å². The zero-order valence-electron chi connectivity index (χ0n) is 11.4. The number of carbonyl (C=O) groups is 1. The van der Waals surface area contributed by atoms with Crippen LogP contribution < -0.4 is 5.32 Å². The Morgan fingerprint density at radius 2 is 2.11 bits per heavy atom. The standard InChI is InChI=1S/C14H25NO2S/c1-14(2)7-12(8-18-9-14)15-11-5-3-4-10(6-11)13(16)17/h10-12,15H,3-9H2,1-2H3,(H,16,17). The van der Waals surface area contributed by atoms with Gasteiger partial charge in [0, 0.05) is 17.8 Å². The van der Waals surface area contributed by atoms with E-state index >= 15 is 0 Å². The third-order valence-corrected chi connectivity index (χ3v) is 5.73. The molecule has 0 aromatic heterocycles. The molecule has 18 heavy (non-hydrogen) atoms. The average Bonchev–Trinajstić information content (AvgIpc) is 2.28. The molecule has 1 saturated carbocycles. The van der Waals surface area contributed by atoms with Crippen LogP contribution in [0.4, 0.5) is 0 Å². The van der Waals surface area contributed by atoms with Crippen molar-refractivity contribution in [1.29, 1.82) is 0 Å². The Morgan fingerprint density at radius 1 is 1.33 bits per heavy atom. The van der Waals surface area contributed by atoms with Crippen molar-refractivity contribution >= 4 is 17.7 Å². The van der Waals surface area contributed by atoms with E-state index in [-0.39, 0.29) is 5.92 Å². The molecule has 1 aliphatic heterocycles. The highest BCUT2D eigenvalue weighted by Crippen LogP contribution is 2.34. The molecule has 0 bridgehead atoms. The Morgan fingerprint density at radius 3 is 2.78 bits per heavy atom. The summed E-state index contributed by atoms with van der Waals surface area (Å²) in [5, 5.41) is 12.8. The average molecular weight is 271 g/mol. The SMILES string of the molecule is CC1(C)CSCC(NC2CCCC(C(=O)O)C2)C1. The molecule has 3 atom stereocenters. The van der Waals surface area contributed by atoms with Crippen LogP contribution >= 0.6 is 11.8 Å². The third-order valence-electron chi connectivity index (χ3n) is 4.11. The number of rotatable bonds is 3. The Balaban J connectivity index is 1.83. The summed E-state index contributed by atoms with van der Waals surface area (Å²) >= 11 is 2.03. The first kappa shape index (κ1) is 14.2. The predicted octanol–water partition coefficient (Wildman–Crippen LogP) is 2.75. The van der Waals surface area contributed by atoms with E-state index in [0.29, 0.717) is 17.5 Å². The van der Waals surface area contributed by atoms with Crippen LogP contribution in [0.3, 0.4) is 0 Å². The molecule has 1 saturated heterocycles. The molecule has 2 fully saturated rings. The quantitative estimate of drug-likeness (QED) is 0.828. The fraction of sp³-hybridized carbons (Fsp3) is 0.929. The van der Waals surface area contributed by atoms with E-state index in [0.717, 1.165) is 25.7 Å². The lowest BCUT2D eigenvalue weighted by Gasteiger charge is -2.38. The smallest absolute Gasteiger partial charge is 0.306 e. The fourth-order valence-electron chi connectivity index (χ4n) is 3.27. The van der Waals surface area contributed by atoms with E-state index < -0.39 is 5.97 Å². The lowest BCUT2D eigenvalue weighted by atomic mass is 9.84. The predicted molar refractivity (Wildman–Crippen MR) is 76.0 cm³/mol. The molecular weight excluding hydrogens is 246 g/mol. The van der Waals surface area contributed by atoms with Crippen LogP contribution in [-0.2, 0) is 4.79 Å². The molecule has 0 aromatic carbocycles. The molecule has 0 amide bonds. The summed E-state index contributed by atoms with van der Waals surface area (Å²) in [5.41, 5.74) is 0.418. The van der Waals surface area contributed by atoms with Gasteiger partial charge in [-0.2, -0.15) is 11.8 Å². The van der Waals surface area contributed by atoms with Crippen LogP contribution in [0, 0.1) is 11.3 Å². The molecule has 0 aromatic rings. The molecule has 1 heterocycles. The topological polar surface area (TPSA) is 49.3 Å². The summed E-state index contributed by atoms with van der Waals surface area (Å²) in [6.45, 7) is 4.66. The molecule has 2 rings (SSSR count). The number of aliphatic carboxylic acids is 1. The van der Waals surface area contributed by atoms with E-state index in [1.807, 2.05) is 11.8 Å². The van der Waals surface area contributed by atoms with Crippen molar-refractivity contribution < 1.29 is 9.90 Å². The highest BCUT2D eigenvalue weighted by atomic mass is 32.2. The molecule has 104 valence electrons. The highest BCUT2D eigenvalue weighted by molar-refractivity contribution is 7.99. The van der Waals surface area contributed by atoms with Crippen LogP contribution in [0.5, 0.6) is 0 Å². The maximum absolute atomic E-state index is 11.1. The van der Waals surface area contributed by atoms with Crippen molar-refractivity contribution in [2.45, 2.75) is 58.0 Å². The van der Waals surface area contributed by atoms with Gasteiger partial charge in [-0.15, -0.1) is 0 Å². The van der Waals surface area contributed by atoms with Gasteiger partial charge in [-0.1, -0.05) is 20.3 Å². The van der Waals surface area contributed by atoms with Gasteiger partial charge in [0.2, 0.25) is 0 Å². The molecule has 0 radical (unpaired) electrons. The van der Waals surface area contributed by atoms with E-state index in [4.69, 9.17) is 5.11 Å². The van der Waals surface area contributed by atoms with Gasteiger partial charge < -0.3 is 10.4 Å². The number of hydrogen-bond acceptors (Lipinski definition) is 3. The normalized spacial score (nSPS) is 36.2. The summed E-state index contributed by atoms with van der Waals surface area (Å²) in [6.07, 6.45) is 5.09. The number of thioether (sulfide) groups is 1. The second-order valence-electron chi connectivity index (χ2n) is 6.65. The van der Waals surface area contributed by atoms with Crippen LogP contribution in [0.2, 0.25) is 0 Å². The minimum Gasteiger partial charge on any atom is -0.481 e. The minimum atomic E-state index is -0.611. The van der Waals surface area contributed by atoms with E-state index in [9.17, 15) is 4.79 Å². The molecular formula is C14H25NO2S. The first-order valence-corrected chi connectivity index (χ1v) is 8.18. The Labute approximate surface area is 114 Å². The van der Waals surface area contributed by atoms with Crippen molar-refractivity contribution in [3.8, 4) is 0 Å². The lowest BCUT2D eigenvalue weighted by molar-refractivity contribution is -0.143. The minimum absolute atomic E-state index is 0.125. The third kappa shape index (κ3) is 3.89.